The van der Waals surface area contributed by atoms with Crippen molar-refractivity contribution in [2.24, 2.45) is 11.1 Å². The molecule has 3 N–H and O–H groups in total. The Bertz CT molecular complexity index is 1170. The molecule has 1 aliphatic rings. The van der Waals surface area contributed by atoms with E-state index < -0.39 is 41.2 Å². The number of primary amides is 1. The van der Waals surface area contributed by atoms with Gasteiger partial charge in [-0.3, -0.25) is 14.4 Å². The normalized spacial score (nSPS) is 15.6. The minimum absolute atomic E-state index is 0.321. The smallest absolute Gasteiger partial charge is 0.337 e. The van der Waals surface area contributed by atoms with Crippen molar-refractivity contribution < 1.29 is 33.5 Å². The highest BCUT2D eigenvalue weighted by molar-refractivity contribution is 6.05. The van der Waals surface area contributed by atoms with E-state index in [1.165, 1.54) is 12.0 Å². The van der Waals surface area contributed by atoms with Crippen LogP contribution in [0.25, 0.3) is 0 Å². The summed E-state index contributed by atoms with van der Waals surface area (Å²) in [5.74, 6) is -1.62. The van der Waals surface area contributed by atoms with Crippen LogP contribution in [-0.2, 0) is 19.2 Å². The van der Waals surface area contributed by atoms with Gasteiger partial charge in [0.25, 0.3) is 11.8 Å². The van der Waals surface area contributed by atoms with Crippen molar-refractivity contribution in [1.29, 1.82) is 0 Å². The highest BCUT2D eigenvalue weighted by atomic mass is 16.7. The van der Waals surface area contributed by atoms with Crippen LogP contribution >= 0.6 is 0 Å². The van der Waals surface area contributed by atoms with E-state index in [0.29, 0.717) is 34.8 Å². The number of fused-ring (bicyclic) bond motifs is 1. The number of nitrogens with two attached hydrogens (primary N) is 1. The lowest BCUT2D eigenvalue weighted by Gasteiger charge is -2.32. The molecule has 1 heterocycles. The Morgan fingerprint density at radius 2 is 1.81 bits per heavy atom. The number of carbonyl (C=O) groups is 4. The number of hydrogen-bond acceptors (Lipinski definition) is 7. The van der Waals surface area contributed by atoms with E-state index >= 15 is 0 Å². The van der Waals surface area contributed by atoms with Crippen LogP contribution in [0.4, 0.5) is 0 Å². The Morgan fingerprint density at radius 1 is 1.11 bits per heavy atom. The lowest BCUT2D eigenvalue weighted by atomic mass is 9.98. The molecule has 0 aromatic heterocycles. The third-order valence-electron chi connectivity index (χ3n) is 5.72. The fraction of sp³-hybridized carbons (Fsp3) is 0.385. The summed E-state index contributed by atoms with van der Waals surface area (Å²) in [4.78, 5) is 57.3. The predicted octanol–water partition coefficient (Wildman–Crippen LogP) is 2.83. The number of methoxy groups -OCH3 is 1. The quantitative estimate of drug-likeness (QED) is 0.535. The third-order valence-corrected chi connectivity index (χ3v) is 5.72. The van der Waals surface area contributed by atoms with E-state index in [0.717, 1.165) is 0 Å². The van der Waals surface area contributed by atoms with Crippen LogP contribution in [0.15, 0.2) is 42.5 Å². The van der Waals surface area contributed by atoms with Crippen molar-refractivity contribution in [2.75, 3.05) is 13.7 Å². The maximum atomic E-state index is 13.5. The van der Waals surface area contributed by atoms with Gasteiger partial charge < -0.3 is 24.9 Å². The predicted molar refractivity (Wildman–Crippen MR) is 130 cm³/mol. The molecular weight excluding hydrogens is 466 g/mol. The van der Waals surface area contributed by atoms with Gasteiger partial charge in [-0.2, -0.15) is 5.48 Å². The molecule has 36 heavy (non-hydrogen) atoms. The first-order chi connectivity index (χ1) is 17.0. The zero-order valence-electron chi connectivity index (χ0n) is 21.0. The van der Waals surface area contributed by atoms with E-state index in [1.54, 1.807) is 63.2 Å². The van der Waals surface area contributed by atoms with E-state index in [-0.39, 0.29) is 6.42 Å². The molecule has 2 atom stereocenters. The second kappa shape index (κ2) is 10.7. The van der Waals surface area contributed by atoms with Gasteiger partial charge in [0.1, 0.15) is 6.04 Å². The number of amides is 3. The van der Waals surface area contributed by atoms with Gasteiger partial charge >= 0.3 is 5.97 Å². The molecule has 10 nitrogen and oxygen atoms in total. The lowest BCUT2D eigenvalue weighted by Crippen LogP contribution is -2.41. The van der Waals surface area contributed by atoms with Crippen LogP contribution in [0.5, 0.6) is 11.5 Å². The van der Waals surface area contributed by atoms with Crippen molar-refractivity contribution in [2.45, 2.75) is 46.2 Å². The van der Waals surface area contributed by atoms with Gasteiger partial charge in [0, 0.05) is 5.56 Å². The van der Waals surface area contributed by atoms with Gasteiger partial charge in [0.05, 0.1) is 31.6 Å². The molecule has 1 aliphatic heterocycles. The van der Waals surface area contributed by atoms with E-state index in [2.05, 4.69) is 5.48 Å². The van der Waals surface area contributed by atoms with Crippen LogP contribution in [0.1, 0.15) is 67.7 Å². The molecule has 0 saturated heterocycles. The van der Waals surface area contributed by atoms with Crippen LogP contribution in [0, 0.1) is 5.41 Å². The Kier molecular flexibility index (Phi) is 7.87. The molecule has 0 saturated carbocycles. The van der Waals surface area contributed by atoms with Crippen LogP contribution in [0.3, 0.4) is 0 Å². The second-order valence-electron chi connectivity index (χ2n) is 9.33. The number of rotatable bonds is 8. The van der Waals surface area contributed by atoms with Gasteiger partial charge in [-0.25, -0.2) is 4.79 Å². The van der Waals surface area contributed by atoms with E-state index in [1.807, 2.05) is 6.92 Å². The Hall–Kier alpha value is -4.08. The molecule has 3 amide bonds. The molecule has 10 heteroatoms. The molecule has 0 aliphatic carbocycles. The molecule has 0 radical (unpaired) electrons. The summed E-state index contributed by atoms with van der Waals surface area (Å²) < 4.78 is 11.0. The SMILES string of the molecule is CCOc1cc(C(CC(=O)NOC(=O)C(C)(C)C)N2C(=O)c3ccccc3C2C(N)=O)ccc1OC. The molecule has 0 spiro atoms. The molecule has 2 aromatic rings. The summed E-state index contributed by atoms with van der Waals surface area (Å²) >= 11 is 0. The molecule has 2 aromatic carbocycles. The fourth-order valence-corrected chi connectivity index (χ4v) is 3.97. The first-order valence-corrected chi connectivity index (χ1v) is 11.5. The largest absolute Gasteiger partial charge is 0.493 e. The number of hydrogen-bond donors (Lipinski definition) is 2. The monoisotopic (exact) mass is 497 g/mol. The van der Waals surface area contributed by atoms with Gasteiger partial charge in [0.2, 0.25) is 5.91 Å². The third kappa shape index (κ3) is 5.42. The van der Waals surface area contributed by atoms with Crippen molar-refractivity contribution in [3.8, 4) is 11.5 Å². The molecule has 0 fully saturated rings. The number of carbonyl (C=O) groups excluding carboxylic acids is 4. The summed E-state index contributed by atoms with van der Waals surface area (Å²) in [5, 5.41) is 0. The van der Waals surface area contributed by atoms with E-state index in [9.17, 15) is 19.2 Å². The van der Waals surface area contributed by atoms with Crippen molar-refractivity contribution in [3.05, 3.63) is 59.2 Å². The highest BCUT2D eigenvalue weighted by Crippen LogP contribution is 2.42. The summed E-state index contributed by atoms with van der Waals surface area (Å²) in [6.07, 6.45) is -0.321. The van der Waals surface area contributed by atoms with Crippen LogP contribution in [-0.4, -0.2) is 42.3 Å². The van der Waals surface area contributed by atoms with Crippen LogP contribution in [0.2, 0.25) is 0 Å². The number of nitrogens with one attached hydrogen (secondary N) is 1. The molecular formula is C26H31N3O7. The number of benzene rings is 2. The summed E-state index contributed by atoms with van der Waals surface area (Å²) in [6, 6.07) is 9.59. The van der Waals surface area contributed by atoms with Gasteiger partial charge in [0.15, 0.2) is 11.5 Å². The lowest BCUT2D eigenvalue weighted by molar-refractivity contribution is -0.166. The average Bonchev–Trinajstić information content (AvgIpc) is 3.13. The Morgan fingerprint density at radius 3 is 2.42 bits per heavy atom. The number of ether oxygens (including phenoxy) is 2. The maximum Gasteiger partial charge on any atom is 0.337 e. The van der Waals surface area contributed by atoms with Gasteiger partial charge in [-0.1, -0.05) is 24.3 Å². The van der Waals surface area contributed by atoms with Gasteiger partial charge in [-0.15, -0.1) is 0 Å². The second-order valence-corrected chi connectivity index (χ2v) is 9.33. The minimum atomic E-state index is -1.10. The first kappa shape index (κ1) is 26.5. The number of nitrogens with zero attached hydrogens (tertiary/aromatic N) is 1. The topological polar surface area (TPSA) is 137 Å². The minimum Gasteiger partial charge on any atom is -0.493 e. The zero-order valence-corrected chi connectivity index (χ0v) is 21.0. The van der Waals surface area contributed by atoms with Crippen molar-refractivity contribution in [3.63, 3.8) is 0 Å². The fourth-order valence-electron chi connectivity index (χ4n) is 3.97. The van der Waals surface area contributed by atoms with Crippen molar-refractivity contribution in [1.82, 2.24) is 10.4 Å². The van der Waals surface area contributed by atoms with E-state index in [4.69, 9.17) is 20.0 Å². The molecule has 0 bridgehead atoms. The van der Waals surface area contributed by atoms with Crippen molar-refractivity contribution >= 4 is 23.7 Å². The number of hydroxylamine groups is 1. The molecule has 3 rings (SSSR count). The summed E-state index contributed by atoms with van der Waals surface area (Å²) in [5.41, 5.74) is 8.34. The Balaban J connectivity index is 2.03. The highest BCUT2D eigenvalue weighted by Gasteiger charge is 2.44. The summed E-state index contributed by atoms with van der Waals surface area (Å²) in [7, 11) is 1.50. The average molecular weight is 498 g/mol. The Labute approximate surface area is 209 Å². The molecule has 2 unspecified atom stereocenters. The maximum absolute atomic E-state index is 13.5. The molecule has 192 valence electrons. The van der Waals surface area contributed by atoms with Crippen LogP contribution < -0.4 is 20.7 Å². The first-order valence-electron chi connectivity index (χ1n) is 11.5. The summed E-state index contributed by atoms with van der Waals surface area (Å²) in [6.45, 7) is 7.10. The van der Waals surface area contributed by atoms with Gasteiger partial charge in [-0.05, 0) is 57.0 Å². The standard InChI is InChI=1S/C26H31N3O7/c1-6-35-20-13-15(11-12-19(20)34-5)18(14-21(30)28-36-25(33)26(2,3)4)29-22(23(27)31)16-9-7-8-10-17(16)24(29)32/h7-13,18,22H,6,14H2,1-5H3,(H2,27,31)(H,28,30). The zero-order chi connectivity index (χ0) is 26.6.